The molecule has 0 unspecified atom stereocenters. The van der Waals surface area contributed by atoms with Gasteiger partial charge in [0.1, 0.15) is 0 Å². The number of para-hydroxylation sites is 1. The molecule has 3 heterocycles. The summed E-state index contributed by atoms with van der Waals surface area (Å²) in [6, 6.07) is 11.9. The molecule has 0 aliphatic carbocycles. The summed E-state index contributed by atoms with van der Waals surface area (Å²) in [6.07, 6.45) is -3.41. The van der Waals surface area contributed by atoms with E-state index in [1.54, 1.807) is 28.0 Å². The lowest BCUT2D eigenvalue weighted by Crippen LogP contribution is -2.48. The molecular weight excluding hydrogens is 447 g/mol. The van der Waals surface area contributed by atoms with Crippen LogP contribution in [0.1, 0.15) is 11.6 Å². The van der Waals surface area contributed by atoms with Crippen LogP contribution in [0.25, 0.3) is 11.5 Å². The van der Waals surface area contributed by atoms with Crippen molar-refractivity contribution in [1.82, 2.24) is 20.1 Å². The Morgan fingerprint density at radius 2 is 1.81 bits per heavy atom. The number of aromatic nitrogens is 3. The molecule has 2 amide bonds. The number of benzene rings is 1. The summed E-state index contributed by atoms with van der Waals surface area (Å²) in [7, 11) is -0.913. The first-order valence-electron chi connectivity index (χ1n) is 9.64. The van der Waals surface area contributed by atoms with Crippen LogP contribution in [-0.4, -0.2) is 54.9 Å². The number of hydrogen-bond donors (Lipinski definition) is 0. The van der Waals surface area contributed by atoms with Gasteiger partial charge in [0.05, 0.1) is 17.8 Å². The van der Waals surface area contributed by atoms with E-state index in [0.717, 1.165) is 0 Å². The molecule has 0 saturated carbocycles. The highest BCUT2D eigenvalue weighted by atomic mass is 32.2. The van der Waals surface area contributed by atoms with Gasteiger partial charge in [-0.2, -0.15) is 13.2 Å². The van der Waals surface area contributed by atoms with Gasteiger partial charge in [0.15, 0.2) is 0 Å². The van der Waals surface area contributed by atoms with Crippen LogP contribution in [0.3, 0.4) is 0 Å². The Morgan fingerprint density at radius 1 is 1.09 bits per heavy atom. The van der Waals surface area contributed by atoms with E-state index in [9.17, 15) is 22.2 Å². The number of pyridine rings is 1. The molecule has 2 aromatic heterocycles. The van der Waals surface area contributed by atoms with E-state index in [1.165, 1.54) is 12.3 Å². The number of nitrogens with zero attached hydrogens (tertiary/aromatic N) is 5. The summed E-state index contributed by atoms with van der Waals surface area (Å²) in [5.74, 6) is -0.856. The summed E-state index contributed by atoms with van der Waals surface area (Å²) in [5.41, 5.74) is 1.41. The zero-order chi connectivity index (χ0) is 22.7. The molecule has 168 valence electrons. The first kappa shape index (κ1) is 21.9. The number of rotatable bonds is 4. The topological polar surface area (TPSA) is 92.4 Å². The lowest BCUT2D eigenvalue weighted by molar-refractivity contribution is -0.156. The van der Waals surface area contributed by atoms with Crippen molar-refractivity contribution >= 4 is 22.5 Å². The number of halogens is 3. The van der Waals surface area contributed by atoms with Crippen molar-refractivity contribution in [3.63, 3.8) is 0 Å². The Labute approximate surface area is 183 Å². The lowest BCUT2D eigenvalue weighted by Gasteiger charge is -2.32. The minimum atomic E-state index is -4.73. The second-order valence-corrected chi connectivity index (χ2v) is 8.68. The van der Waals surface area contributed by atoms with Gasteiger partial charge >= 0.3 is 18.1 Å². The molecule has 1 saturated heterocycles. The molecule has 1 aliphatic rings. The van der Waals surface area contributed by atoms with Crippen molar-refractivity contribution in [3.8, 4) is 11.5 Å². The fraction of sp³-hybridized carbons (Fsp3) is 0.300. The number of carbonyl (C=O) groups excluding carboxylic acids is 1. The van der Waals surface area contributed by atoms with Crippen LogP contribution in [0.15, 0.2) is 53.1 Å². The molecule has 4 rings (SSSR count). The fourth-order valence-corrected chi connectivity index (χ4v) is 4.19. The first-order valence-corrected chi connectivity index (χ1v) is 11.1. The van der Waals surface area contributed by atoms with Crippen molar-refractivity contribution in [3.05, 3.63) is 60.2 Å². The van der Waals surface area contributed by atoms with E-state index in [-0.39, 0.29) is 24.0 Å². The van der Waals surface area contributed by atoms with Gasteiger partial charge < -0.3 is 9.32 Å². The third-order valence-electron chi connectivity index (χ3n) is 4.81. The van der Waals surface area contributed by atoms with Gasteiger partial charge in [0.25, 0.3) is 0 Å². The molecule has 0 radical (unpaired) electrons. The molecule has 1 aromatic carbocycles. The van der Waals surface area contributed by atoms with Gasteiger partial charge in [-0.25, -0.2) is 4.79 Å². The average molecular weight is 465 g/mol. The van der Waals surface area contributed by atoms with E-state index >= 15 is 0 Å². The highest BCUT2D eigenvalue weighted by Crippen LogP contribution is 2.30. The zero-order valence-electron chi connectivity index (χ0n) is 16.7. The predicted molar refractivity (Wildman–Crippen MR) is 110 cm³/mol. The van der Waals surface area contributed by atoms with Crippen molar-refractivity contribution in [1.29, 1.82) is 0 Å². The van der Waals surface area contributed by atoms with Crippen molar-refractivity contribution in [2.75, 3.05) is 29.5 Å². The van der Waals surface area contributed by atoms with Crippen LogP contribution >= 0.6 is 0 Å². The van der Waals surface area contributed by atoms with Crippen LogP contribution in [0.4, 0.5) is 23.7 Å². The quantitative estimate of drug-likeness (QED) is 0.587. The zero-order valence-corrected chi connectivity index (χ0v) is 17.5. The normalized spacial score (nSPS) is 15.0. The largest absolute Gasteiger partial charge is 0.470 e. The summed E-state index contributed by atoms with van der Waals surface area (Å²) in [5, 5.41) is 6.42. The van der Waals surface area contributed by atoms with E-state index in [2.05, 4.69) is 19.6 Å². The van der Waals surface area contributed by atoms with Crippen LogP contribution in [0.5, 0.6) is 0 Å². The van der Waals surface area contributed by atoms with Gasteiger partial charge in [0, 0.05) is 47.3 Å². The van der Waals surface area contributed by atoms with Crippen molar-refractivity contribution in [2.24, 2.45) is 0 Å². The van der Waals surface area contributed by atoms with Gasteiger partial charge in [-0.05, 0) is 24.3 Å². The van der Waals surface area contributed by atoms with Crippen molar-refractivity contribution in [2.45, 2.75) is 12.7 Å². The van der Waals surface area contributed by atoms with E-state index in [1.807, 2.05) is 18.2 Å². The van der Waals surface area contributed by atoms with Crippen LogP contribution < -0.4 is 4.90 Å². The van der Waals surface area contributed by atoms with E-state index < -0.39 is 22.9 Å². The smallest absolute Gasteiger partial charge is 0.413 e. The number of urea groups is 1. The first-order chi connectivity index (χ1) is 15.3. The van der Waals surface area contributed by atoms with Crippen LogP contribution in [0.2, 0.25) is 0 Å². The Hall–Kier alpha value is -3.28. The molecule has 1 aliphatic heterocycles. The molecule has 0 bridgehead atoms. The average Bonchev–Trinajstić information content (AvgIpc) is 3.30. The minimum absolute atomic E-state index is 0.139. The standard InChI is InChI=1S/C20H18F3N5O3S/c21-20(22,23)18-26-25-17(31-18)14-6-7-15(24-12-14)13-28(16-4-2-1-3-5-16)19(29)27-8-10-32(30)11-9-27/h1-7,12H,8-11,13H2. The summed E-state index contributed by atoms with van der Waals surface area (Å²) in [6.45, 7) is 0.944. The van der Waals surface area contributed by atoms with Gasteiger partial charge in [0.2, 0.25) is 5.89 Å². The maximum absolute atomic E-state index is 13.2. The second kappa shape index (κ2) is 9.07. The molecule has 0 atom stereocenters. The lowest BCUT2D eigenvalue weighted by atomic mass is 10.2. The number of hydrogen-bond acceptors (Lipinski definition) is 6. The fourth-order valence-electron chi connectivity index (χ4n) is 3.14. The van der Waals surface area contributed by atoms with Gasteiger partial charge in [-0.15, -0.1) is 10.2 Å². The Balaban J connectivity index is 1.54. The maximum Gasteiger partial charge on any atom is 0.470 e. The van der Waals surface area contributed by atoms with E-state index in [4.69, 9.17) is 0 Å². The number of carbonyl (C=O) groups is 1. The minimum Gasteiger partial charge on any atom is -0.413 e. The maximum atomic E-state index is 13.2. The number of amides is 2. The number of anilines is 1. The molecular formula is C20H18F3N5O3S. The summed E-state index contributed by atoms with van der Waals surface area (Å²) in [4.78, 5) is 20.7. The third kappa shape index (κ3) is 4.96. The molecule has 1 fully saturated rings. The molecule has 8 nitrogen and oxygen atoms in total. The van der Waals surface area contributed by atoms with Crippen molar-refractivity contribution < 1.29 is 26.6 Å². The van der Waals surface area contributed by atoms with Crippen LogP contribution in [0, 0.1) is 0 Å². The van der Waals surface area contributed by atoms with Gasteiger partial charge in [-0.3, -0.25) is 14.1 Å². The molecule has 3 aromatic rings. The molecule has 0 spiro atoms. The predicted octanol–water partition coefficient (Wildman–Crippen LogP) is 3.34. The number of alkyl halides is 3. The van der Waals surface area contributed by atoms with E-state index in [0.29, 0.717) is 36.0 Å². The molecule has 12 heteroatoms. The molecule has 32 heavy (non-hydrogen) atoms. The highest BCUT2D eigenvalue weighted by molar-refractivity contribution is 7.85. The summed E-state index contributed by atoms with van der Waals surface area (Å²) < 4.78 is 54.3. The van der Waals surface area contributed by atoms with Crippen LogP contribution in [-0.2, 0) is 23.5 Å². The highest BCUT2D eigenvalue weighted by Gasteiger charge is 2.38. The third-order valence-corrected chi connectivity index (χ3v) is 6.08. The Bertz CT molecular complexity index is 1100. The monoisotopic (exact) mass is 465 g/mol. The Morgan fingerprint density at radius 3 is 2.41 bits per heavy atom. The molecule has 0 N–H and O–H groups in total. The second-order valence-electron chi connectivity index (χ2n) is 6.99. The summed E-state index contributed by atoms with van der Waals surface area (Å²) >= 11 is 0. The Kier molecular flexibility index (Phi) is 6.21. The SMILES string of the molecule is O=C(N1CCS(=O)CC1)N(Cc1ccc(-c2nnc(C(F)(F)F)o2)cn1)c1ccccc1. The van der Waals surface area contributed by atoms with Gasteiger partial charge in [-0.1, -0.05) is 18.2 Å².